The fraction of sp³-hybridized carbons (Fsp3) is 0.125. The summed E-state index contributed by atoms with van der Waals surface area (Å²) in [6, 6.07) is 6.60. The highest BCUT2D eigenvalue weighted by atomic mass is 35.5. The van der Waals surface area contributed by atoms with E-state index in [1.54, 1.807) is 30.5 Å². The van der Waals surface area contributed by atoms with Crippen molar-refractivity contribution in [3.63, 3.8) is 0 Å². The Kier molecular flexibility index (Phi) is 3.95. The topological polar surface area (TPSA) is 88.2 Å². The highest BCUT2D eigenvalue weighted by Crippen LogP contribution is 2.28. The average molecular weight is 375 g/mol. The molecule has 0 aliphatic carbocycles. The van der Waals surface area contributed by atoms with Crippen molar-refractivity contribution in [1.82, 2.24) is 20.0 Å². The normalized spacial score (nSPS) is 13.8. The molecule has 1 aliphatic heterocycles. The first kappa shape index (κ1) is 16.1. The second-order valence-electron chi connectivity index (χ2n) is 5.26. The number of H-pyrrole nitrogens is 1. The first-order valence-corrected chi connectivity index (χ1v) is 8.88. The Morgan fingerprint density at radius 2 is 1.88 bits per heavy atom. The summed E-state index contributed by atoms with van der Waals surface area (Å²) >= 11 is 7.60. The first-order chi connectivity index (χ1) is 12.1. The third kappa shape index (κ3) is 2.58. The van der Waals surface area contributed by atoms with Gasteiger partial charge in [0.15, 0.2) is 5.16 Å². The maximum atomic E-state index is 12.3. The minimum atomic E-state index is -0.479. The summed E-state index contributed by atoms with van der Waals surface area (Å²) in [7, 11) is 0. The zero-order valence-electron chi connectivity index (χ0n) is 12.9. The number of carbonyl (C=O) groups excluding carboxylic acids is 2. The molecule has 2 aromatic heterocycles. The van der Waals surface area contributed by atoms with Crippen LogP contribution in [0.15, 0.2) is 35.6 Å². The van der Waals surface area contributed by atoms with Crippen molar-refractivity contribution >= 4 is 46.2 Å². The SMILES string of the molecule is CSc1nc(Cl)c2c(CON3C(=O)c4ccccc4C3=O)c[nH]c2n1. The summed E-state index contributed by atoms with van der Waals surface area (Å²) in [5, 5.41) is 2.22. The lowest BCUT2D eigenvalue weighted by atomic mass is 10.1. The van der Waals surface area contributed by atoms with Gasteiger partial charge in [0.2, 0.25) is 0 Å². The number of hydrogen-bond donors (Lipinski definition) is 1. The Morgan fingerprint density at radius 1 is 1.20 bits per heavy atom. The number of rotatable bonds is 4. The van der Waals surface area contributed by atoms with Crippen LogP contribution in [0.3, 0.4) is 0 Å². The van der Waals surface area contributed by atoms with Crippen molar-refractivity contribution in [3.8, 4) is 0 Å². The lowest BCUT2D eigenvalue weighted by molar-refractivity contribution is -0.100. The first-order valence-electron chi connectivity index (χ1n) is 7.28. The predicted molar refractivity (Wildman–Crippen MR) is 92.4 cm³/mol. The molecule has 3 aromatic rings. The van der Waals surface area contributed by atoms with Crippen molar-refractivity contribution in [1.29, 1.82) is 0 Å². The molecule has 0 bridgehead atoms. The van der Waals surface area contributed by atoms with Crippen molar-refractivity contribution in [2.45, 2.75) is 11.8 Å². The van der Waals surface area contributed by atoms with Gasteiger partial charge in [-0.1, -0.05) is 35.5 Å². The van der Waals surface area contributed by atoms with E-state index < -0.39 is 11.8 Å². The van der Waals surface area contributed by atoms with Gasteiger partial charge in [-0.15, -0.1) is 5.06 Å². The maximum absolute atomic E-state index is 12.3. The summed E-state index contributed by atoms with van der Waals surface area (Å²) in [6.45, 7) is -0.0207. The molecule has 0 unspecified atom stereocenters. The summed E-state index contributed by atoms with van der Waals surface area (Å²) in [4.78, 5) is 41.6. The molecular weight excluding hydrogens is 364 g/mol. The van der Waals surface area contributed by atoms with E-state index in [4.69, 9.17) is 16.4 Å². The lowest BCUT2D eigenvalue weighted by Crippen LogP contribution is -2.29. The zero-order chi connectivity index (χ0) is 17.6. The van der Waals surface area contributed by atoms with E-state index >= 15 is 0 Å². The minimum Gasteiger partial charge on any atom is -0.346 e. The fourth-order valence-electron chi connectivity index (χ4n) is 2.65. The van der Waals surface area contributed by atoms with Gasteiger partial charge in [-0.3, -0.25) is 14.4 Å². The quantitative estimate of drug-likeness (QED) is 0.327. The lowest BCUT2D eigenvalue weighted by Gasteiger charge is -2.13. The zero-order valence-corrected chi connectivity index (χ0v) is 14.5. The van der Waals surface area contributed by atoms with Gasteiger partial charge in [0.05, 0.1) is 16.5 Å². The number of imide groups is 1. The van der Waals surface area contributed by atoms with Gasteiger partial charge in [0.25, 0.3) is 11.8 Å². The van der Waals surface area contributed by atoms with Crippen LogP contribution in [-0.2, 0) is 11.4 Å². The number of hydroxylamine groups is 2. The summed E-state index contributed by atoms with van der Waals surface area (Å²) in [6.07, 6.45) is 3.53. The van der Waals surface area contributed by atoms with E-state index in [9.17, 15) is 9.59 Å². The van der Waals surface area contributed by atoms with Crippen LogP contribution in [0.25, 0.3) is 11.0 Å². The van der Waals surface area contributed by atoms with E-state index in [1.165, 1.54) is 11.8 Å². The van der Waals surface area contributed by atoms with Gasteiger partial charge in [-0.2, -0.15) is 0 Å². The Labute approximate surface area is 151 Å². The molecule has 9 heteroatoms. The Morgan fingerprint density at radius 3 is 2.52 bits per heavy atom. The monoisotopic (exact) mass is 374 g/mol. The number of aromatic amines is 1. The maximum Gasteiger partial charge on any atom is 0.285 e. The van der Waals surface area contributed by atoms with Crippen molar-refractivity contribution in [2.24, 2.45) is 0 Å². The number of carbonyl (C=O) groups is 2. The van der Waals surface area contributed by atoms with Gasteiger partial charge in [0.1, 0.15) is 17.4 Å². The molecule has 0 saturated heterocycles. The summed E-state index contributed by atoms with van der Waals surface area (Å²) in [5.41, 5.74) is 1.89. The van der Waals surface area contributed by atoms with Crippen LogP contribution >= 0.6 is 23.4 Å². The highest BCUT2D eigenvalue weighted by molar-refractivity contribution is 7.98. The molecule has 0 saturated carbocycles. The molecule has 0 radical (unpaired) electrons. The van der Waals surface area contributed by atoms with Gasteiger partial charge >= 0.3 is 0 Å². The molecule has 0 atom stereocenters. The van der Waals surface area contributed by atoms with Gasteiger partial charge in [-0.05, 0) is 18.4 Å². The molecular formula is C16H11ClN4O3S. The van der Waals surface area contributed by atoms with Crippen LogP contribution in [0.1, 0.15) is 26.3 Å². The summed E-state index contributed by atoms with van der Waals surface area (Å²) in [5.74, 6) is -0.958. The third-order valence-corrected chi connectivity index (χ3v) is 4.66. The number of amides is 2. The molecule has 4 rings (SSSR count). The molecule has 7 nitrogen and oxygen atoms in total. The number of aromatic nitrogens is 3. The van der Waals surface area contributed by atoms with E-state index in [-0.39, 0.29) is 11.8 Å². The highest BCUT2D eigenvalue weighted by Gasteiger charge is 2.36. The molecule has 1 aromatic carbocycles. The Hall–Kier alpha value is -2.42. The molecule has 1 aliphatic rings. The minimum absolute atomic E-state index is 0.0207. The van der Waals surface area contributed by atoms with Crippen LogP contribution in [0.4, 0.5) is 0 Å². The molecule has 0 fully saturated rings. The molecule has 126 valence electrons. The van der Waals surface area contributed by atoms with E-state index in [1.807, 2.05) is 6.26 Å². The van der Waals surface area contributed by atoms with Crippen molar-refractivity contribution in [2.75, 3.05) is 6.26 Å². The Bertz CT molecular complexity index is 985. The van der Waals surface area contributed by atoms with Crippen LogP contribution < -0.4 is 0 Å². The van der Waals surface area contributed by atoms with Crippen LogP contribution in [0.5, 0.6) is 0 Å². The number of nitrogens with zero attached hydrogens (tertiary/aromatic N) is 3. The molecule has 2 amide bonds. The van der Waals surface area contributed by atoms with Crippen molar-refractivity contribution < 1.29 is 14.4 Å². The molecule has 25 heavy (non-hydrogen) atoms. The van der Waals surface area contributed by atoms with Gasteiger partial charge in [-0.25, -0.2) is 9.97 Å². The van der Waals surface area contributed by atoms with Crippen LogP contribution in [0, 0.1) is 0 Å². The molecule has 0 spiro atoms. The molecule has 3 heterocycles. The van der Waals surface area contributed by atoms with E-state index in [2.05, 4.69) is 15.0 Å². The van der Waals surface area contributed by atoms with E-state index in [0.717, 1.165) is 5.06 Å². The van der Waals surface area contributed by atoms with Crippen LogP contribution in [0.2, 0.25) is 5.15 Å². The smallest absolute Gasteiger partial charge is 0.285 e. The summed E-state index contributed by atoms with van der Waals surface area (Å²) < 4.78 is 0. The number of fused-ring (bicyclic) bond motifs is 2. The number of halogens is 1. The largest absolute Gasteiger partial charge is 0.346 e. The molecule has 1 N–H and O–H groups in total. The van der Waals surface area contributed by atoms with Gasteiger partial charge in [0, 0.05) is 11.8 Å². The second kappa shape index (κ2) is 6.14. The van der Waals surface area contributed by atoms with Crippen molar-refractivity contribution in [3.05, 3.63) is 52.3 Å². The number of benzene rings is 1. The standard InChI is InChI=1S/C16H11ClN4O3S/c1-25-16-19-12(17)11-8(6-18-13(11)20-16)7-24-21-14(22)9-4-2-3-5-10(9)15(21)23/h2-6H,7H2,1H3,(H,18,19,20). The average Bonchev–Trinajstić information content (AvgIpc) is 3.14. The predicted octanol–water partition coefficient (Wildman–Crippen LogP) is 3.06. The number of nitrogens with one attached hydrogen (secondary N) is 1. The number of thioether (sulfide) groups is 1. The fourth-order valence-corrected chi connectivity index (χ4v) is 3.36. The van der Waals surface area contributed by atoms with Gasteiger partial charge < -0.3 is 4.98 Å². The second-order valence-corrected chi connectivity index (χ2v) is 6.39. The third-order valence-electron chi connectivity index (χ3n) is 3.84. The number of hydrogen-bond acceptors (Lipinski definition) is 6. The van der Waals surface area contributed by atoms with E-state index in [0.29, 0.717) is 32.9 Å². The van der Waals surface area contributed by atoms with Crippen LogP contribution in [-0.4, -0.2) is 38.1 Å². The Balaban J connectivity index is 1.60.